The van der Waals surface area contributed by atoms with Gasteiger partial charge in [0.1, 0.15) is 17.3 Å². The van der Waals surface area contributed by atoms with Gasteiger partial charge in [-0.1, -0.05) is 39.8 Å². The number of aliphatic hydroxyl groups excluding tert-OH is 1. The molecule has 0 saturated carbocycles. The van der Waals surface area contributed by atoms with E-state index >= 15 is 0 Å². The van der Waals surface area contributed by atoms with Crippen LogP contribution >= 0.6 is 0 Å². The fraction of sp³-hybridized carbons (Fsp3) is 0.429. The number of amides is 1. The molecule has 2 N–H and O–H groups in total. The van der Waals surface area contributed by atoms with Crippen molar-refractivity contribution in [3.05, 3.63) is 64.7 Å². The average molecular weight is 481 g/mol. The quantitative estimate of drug-likeness (QED) is 0.296. The largest absolute Gasteiger partial charge is 0.508 e. The fourth-order valence-electron chi connectivity index (χ4n) is 4.30. The zero-order chi connectivity index (χ0) is 25.7. The number of carbonyl (C=O) groups excluding carboxylic acids is 2. The number of hydrogen-bond donors (Lipinski definition) is 2. The summed E-state index contributed by atoms with van der Waals surface area (Å²) in [5, 5.41) is 21.1. The maximum absolute atomic E-state index is 13.2. The molecule has 0 bridgehead atoms. The van der Waals surface area contributed by atoms with Crippen LogP contribution in [0.4, 0.5) is 0 Å². The van der Waals surface area contributed by atoms with Crippen molar-refractivity contribution in [2.75, 3.05) is 32.8 Å². The SMILES string of the molecule is CCN(CC)CCN1C(=O)C(=O)C(=C(O)c2ccc(OCC(C)C)cc2C)[C@@H]1c1ccc(O)cc1. The second-order valence-electron chi connectivity index (χ2n) is 9.29. The van der Waals surface area contributed by atoms with Gasteiger partial charge in [-0.25, -0.2) is 0 Å². The smallest absolute Gasteiger partial charge is 0.295 e. The van der Waals surface area contributed by atoms with E-state index in [9.17, 15) is 19.8 Å². The third-order valence-corrected chi connectivity index (χ3v) is 6.34. The van der Waals surface area contributed by atoms with Crippen molar-refractivity contribution in [1.82, 2.24) is 9.80 Å². The van der Waals surface area contributed by atoms with E-state index in [0.29, 0.717) is 42.5 Å². The Morgan fingerprint density at radius 1 is 1.09 bits per heavy atom. The first kappa shape index (κ1) is 26.3. The van der Waals surface area contributed by atoms with Gasteiger partial charge in [-0.2, -0.15) is 0 Å². The second-order valence-corrected chi connectivity index (χ2v) is 9.29. The Balaban J connectivity index is 2.05. The van der Waals surface area contributed by atoms with Crippen molar-refractivity contribution in [3.8, 4) is 11.5 Å². The van der Waals surface area contributed by atoms with Crippen molar-refractivity contribution < 1.29 is 24.5 Å². The summed E-state index contributed by atoms with van der Waals surface area (Å²) in [7, 11) is 0. The Morgan fingerprint density at radius 3 is 2.31 bits per heavy atom. The number of benzene rings is 2. The highest BCUT2D eigenvalue weighted by Gasteiger charge is 2.46. The van der Waals surface area contributed by atoms with E-state index < -0.39 is 17.7 Å². The van der Waals surface area contributed by atoms with Crippen molar-refractivity contribution in [2.45, 2.75) is 40.7 Å². The van der Waals surface area contributed by atoms with E-state index in [1.165, 1.54) is 17.0 Å². The molecule has 1 aliphatic rings. The summed E-state index contributed by atoms with van der Waals surface area (Å²) < 4.78 is 5.79. The molecular formula is C28H36N2O5. The van der Waals surface area contributed by atoms with Crippen LogP contribution in [0.25, 0.3) is 5.76 Å². The number of Topliss-reactive ketones (excluding diaryl/α,β-unsaturated/α-hetero) is 1. The molecule has 7 heteroatoms. The number of aliphatic hydroxyl groups is 1. The Kier molecular flexibility index (Phi) is 8.57. The molecule has 0 spiro atoms. The van der Waals surface area contributed by atoms with Crippen molar-refractivity contribution in [2.24, 2.45) is 5.92 Å². The van der Waals surface area contributed by atoms with E-state index in [1.807, 2.05) is 26.8 Å². The number of phenols is 1. The highest BCUT2D eigenvalue weighted by atomic mass is 16.5. The maximum atomic E-state index is 13.2. The molecule has 188 valence electrons. The molecule has 1 aliphatic heterocycles. The molecule has 0 aromatic heterocycles. The van der Waals surface area contributed by atoms with E-state index in [1.54, 1.807) is 24.3 Å². The normalized spacial score (nSPS) is 17.6. The van der Waals surface area contributed by atoms with Crippen molar-refractivity contribution >= 4 is 17.4 Å². The van der Waals surface area contributed by atoms with Crippen LogP contribution in [0.3, 0.4) is 0 Å². The van der Waals surface area contributed by atoms with Crippen LogP contribution in [0.2, 0.25) is 0 Å². The Hall–Kier alpha value is -3.32. The monoisotopic (exact) mass is 480 g/mol. The molecule has 0 unspecified atom stereocenters. The number of ketones is 1. The first-order valence-corrected chi connectivity index (χ1v) is 12.2. The van der Waals surface area contributed by atoms with Gasteiger partial charge in [-0.15, -0.1) is 0 Å². The molecule has 2 aromatic carbocycles. The van der Waals surface area contributed by atoms with Gasteiger partial charge in [-0.3, -0.25) is 9.59 Å². The van der Waals surface area contributed by atoms with Gasteiger partial charge >= 0.3 is 0 Å². The number of aryl methyl sites for hydroxylation is 1. The standard InChI is InChI=1S/C28H36N2O5/c1-6-29(7-2)14-15-30-25(20-8-10-21(31)11-9-20)24(27(33)28(30)34)26(32)23-13-12-22(16-19(23)5)35-17-18(3)4/h8-13,16,18,25,31-32H,6-7,14-15,17H2,1-5H3/t25-/m0/s1. The lowest BCUT2D eigenvalue weighted by atomic mass is 9.94. The summed E-state index contributed by atoms with van der Waals surface area (Å²) in [6.07, 6.45) is 0. The number of aromatic hydroxyl groups is 1. The Morgan fingerprint density at radius 2 is 1.74 bits per heavy atom. The molecule has 1 fully saturated rings. The van der Waals surface area contributed by atoms with Crippen LogP contribution in [0.1, 0.15) is 50.4 Å². The summed E-state index contributed by atoms with van der Waals surface area (Å²) in [5.74, 6) is -0.407. The van der Waals surface area contributed by atoms with Gasteiger partial charge < -0.3 is 24.7 Å². The number of phenolic OH excluding ortho intramolecular Hbond substituents is 1. The Bertz CT molecular complexity index is 1090. The third-order valence-electron chi connectivity index (χ3n) is 6.34. The summed E-state index contributed by atoms with van der Waals surface area (Å²) >= 11 is 0. The van der Waals surface area contributed by atoms with E-state index in [2.05, 4.69) is 18.7 Å². The molecule has 1 atom stereocenters. The number of carbonyl (C=O) groups is 2. The van der Waals surface area contributed by atoms with Crippen LogP contribution in [-0.2, 0) is 9.59 Å². The summed E-state index contributed by atoms with van der Waals surface area (Å²) in [6.45, 7) is 13.2. The van der Waals surface area contributed by atoms with Crippen molar-refractivity contribution in [1.29, 1.82) is 0 Å². The molecule has 1 saturated heterocycles. The minimum atomic E-state index is -0.748. The molecule has 0 aliphatic carbocycles. The van der Waals surface area contributed by atoms with Gasteiger partial charge in [0.05, 0.1) is 18.2 Å². The number of ether oxygens (including phenoxy) is 1. The maximum Gasteiger partial charge on any atom is 0.295 e. The van der Waals surface area contributed by atoms with Crippen LogP contribution in [0.5, 0.6) is 11.5 Å². The molecule has 3 rings (SSSR count). The zero-order valence-corrected chi connectivity index (χ0v) is 21.2. The van der Waals surface area contributed by atoms with Gasteiger partial charge in [0.2, 0.25) is 0 Å². The molecule has 2 aromatic rings. The molecule has 35 heavy (non-hydrogen) atoms. The Labute approximate surface area is 207 Å². The van der Waals surface area contributed by atoms with Crippen LogP contribution in [-0.4, -0.2) is 64.5 Å². The molecule has 7 nitrogen and oxygen atoms in total. The first-order chi connectivity index (χ1) is 16.7. The minimum absolute atomic E-state index is 0.0548. The van der Waals surface area contributed by atoms with Crippen LogP contribution in [0.15, 0.2) is 48.0 Å². The number of nitrogens with zero attached hydrogens (tertiary/aromatic N) is 2. The summed E-state index contributed by atoms with van der Waals surface area (Å²) in [5.41, 5.74) is 1.92. The van der Waals surface area contributed by atoms with Crippen molar-refractivity contribution in [3.63, 3.8) is 0 Å². The predicted molar refractivity (Wildman–Crippen MR) is 136 cm³/mol. The molecule has 1 heterocycles. The van der Waals surface area contributed by atoms with Gasteiger partial charge in [0.25, 0.3) is 11.7 Å². The molecule has 0 radical (unpaired) electrons. The number of hydrogen-bond acceptors (Lipinski definition) is 6. The second kappa shape index (κ2) is 11.4. The highest BCUT2D eigenvalue weighted by Crippen LogP contribution is 2.40. The van der Waals surface area contributed by atoms with Gasteiger partial charge in [0.15, 0.2) is 0 Å². The van der Waals surface area contributed by atoms with E-state index in [4.69, 9.17) is 4.74 Å². The average Bonchev–Trinajstić information content (AvgIpc) is 3.08. The first-order valence-electron chi connectivity index (χ1n) is 12.2. The lowest BCUT2D eigenvalue weighted by Gasteiger charge is -2.28. The lowest BCUT2D eigenvalue weighted by molar-refractivity contribution is -0.140. The third kappa shape index (κ3) is 5.85. The van der Waals surface area contributed by atoms with Gasteiger partial charge in [0, 0.05) is 18.7 Å². The lowest BCUT2D eigenvalue weighted by Crippen LogP contribution is -2.38. The number of likely N-dealkylation sites (tertiary alicyclic amines) is 1. The van der Waals surface area contributed by atoms with E-state index in [0.717, 1.165) is 18.7 Å². The fourth-order valence-corrected chi connectivity index (χ4v) is 4.30. The summed E-state index contributed by atoms with van der Waals surface area (Å²) in [4.78, 5) is 30.0. The zero-order valence-electron chi connectivity index (χ0n) is 21.2. The van der Waals surface area contributed by atoms with E-state index in [-0.39, 0.29) is 17.1 Å². The topological polar surface area (TPSA) is 90.3 Å². The number of rotatable bonds is 10. The minimum Gasteiger partial charge on any atom is -0.508 e. The molecule has 1 amide bonds. The number of likely N-dealkylation sites (N-methyl/N-ethyl adjacent to an activating group) is 1. The van der Waals surface area contributed by atoms with Gasteiger partial charge in [-0.05, 0) is 67.4 Å². The van der Waals surface area contributed by atoms with Crippen LogP contribution < -0.4 is 4.74 Å². The summed E-state index contributed by atoms with van der Waals surface area (Å²) in [6, 6.07) is 11.0. The van der Waals surface area contributed by atoms with Crippen LogP contribution in [0, 0.1) is 12.8 Å². The predicted octanol–water partition coefficient (Wildman–Crippen LogP) is 4.50. The molecular weight excluding hydrogens is 444 g/mol. The highest BCUT2D eigenvalue weighted by molar-refractivity contribution is 6.46.